The molecule has 1 aliphatic heterocycles. The van der Waals surface area contributed by atoms with E-state index >= 15 is 0 Å². The average molecular weight is 373 g/mol. The number of carbonyl (C=O) groups excluding carboxylic acids is 1. The van der Waals surface area contributed by atoms with Gasteiger partial charge in [0.2, 0.25) is 0 Å². The minimum Gasteiger partial charge on any atom is -0.332 e. The maximum absolute atomic E-state index is 13.3. The molecule has 2 aliphatic rings. The molecule has 3 unspecified atom stereocenters. The van der Waals surface area contributed by atoms with Crippen LogP contribution in [-0.4, -0.2) is 27.9 Å². The molecule has 1 saturated heterocycles. The second-order valence-electron chi connectivity index (χ2n) is 7.73. The first-order valence-electron chi connectivity index (χ1n) is 9.56. The zero-order chi connectivity index (χ0) is 18.3. The summed E-state index contributed by atoms with van der Waals surface area (Å²) in [5.74, 6) is 0.604. The van der Waals surface area contributed by atoms with Crippen molar-refractivity contribution in [1.29, 1.82) is 0 Å². The topological polar surface area (TPSA) is 33.2 Å². The number of benzene rings is 1. The number of aryl methyl sites for hydroxylation is 1. The number of amides is 1. The Morgan fingerprint density at radius 2 is 2.00 bits per heavy atom. The fraction of sp³-hybridized carbons (Fsp3) is 0.524. The van der Waals surface area contributed by atoms with E-state index < -0.39 is 0 Å². The molecule has 2 fully saturated rings. The summed E-state index contributed by atoms with van der Waals surface area (Å²) < 4.78 is 13.1. The Morgan fingerprint density at radius 1 is 1.27 bits per heavy atom. The molecule has 2 heterocycles. The zero-order valence-corrected chi connectivity index (χ0v) is 16.2. The Bertz CT molecular complexity index is 801. The molecule has 0 radical (unpaired) electrons. The molecule has 0 bridgehead atoms. The number of hydrogen-bond acceptors (Lipinski definition) is 3. The normalized spacial score (nSPS) is 25.3. The third-order valence-corrected chi connectivity index (χ3v) is 7.03. The first-order chi connectivity index (χ1) is 12.5. The first-order valence-corrected chi connectivity index (χ1v) is 10.4. The van der Waals surface area contributed by atoms with Crippen molar-refractivity contribution in [2.75, 3.05) is 0 Å². The predicted molar refractivity (Wildman–Crippen MR) is 102 cm³/mol. The monoisotopic (exact) mass is 372 g/mol. The van der Waals surface area contributed by atoms with E-state index in [1.54, 1.807) is 12.1 Å². The lowest BCUT2D eigenvalue weighted by atomic mass is 9.85. The van der Waals surface area contributed by atoms with Crippen LogP contribution in [0.4, 0.5) is 4.39 Å². The fourth-order valence-corrected chi connectivity index (χ4v) is 5.72. The van der Waals surface area contributed by atoms with Gasteiger partial charge in [0.15, 0.2) is 0 Å². The van der Waals surface area contributed by atoms with Crippen LogP contribution in [0.3, 0.4) is 0 Å². The third-order valence-electron chi connectivity index (χ3n) is 5.88. The highest BCUT2D eigenvalue weighted by atomic mass is 32.1. The van der Waals surface area contributed by atoms with Gasteiger partial charge in [-0.05, 0) is 56.7 Å². The molecule has 5 heteroatoms. The standard InChI is InChI=1S/C21H25FN2OS/c1-13-11-16-5-3-4-6-18(16)24(13)21(25)20-14(2)23-19(26-20)12-15-7-9-17(22)10-8-15/h7-10,13,16,18H,3-6,11-12H2,1-2H3. The van der Waals surface area contributed by atoms with Gasteiger partial charge in [-0.15, -0.1) is 11.3 Å². The molecule has 0 N–H and O–H groups in total. The van der Waals surface area contributed by atoms with Crippen LogP contribution in [0.15, 0.2) is 24.3 Å². The second-order valence-corrected chi connectivity index (χ2v) is 8.82. The smallest absolute Gasteiger partial charge is 0.266 e. The highest BCUT2D eigenvalue weighted by Crippen LogP contribution is 2.41. The minimum atomic E-state index is -0.231. The van der Waals surface area contributed by atoms with Gasteiger partial charge in [0, 0.05) is 18.5 Å². The number of rotatable bonds is 3. The molecule has 1 aromatic carbocycles. The summed E-state index contributed by atoms with van der Waals surface area (Å²) in [7, 11) is 0. The number of nitrogens with zero attached hydrogens (tertiary/aromatic N) is 2. The number of hydrogen-bond donors (Lipinski definition) is 0. The van der Waals surface area contributed by atoms with Crippen LogP contribution in [0.1, 0.15) is 65.0 Å². The van der Waals surface area contributed by atoms with Crippen molar-refractivity contribution < 1.29 is 9.18 Å². The van der Waals surface area contributed by atoms with Crippen LogP contribution in [-0.2, 0) is 6.42 Å². The van der Waals surface area contributed by atoms with Gasteiger partial charge in [-0.2, -0.15) is 0 Å². The van der Waals surface area contributed by atoms with E-state index in [-0.39, 0.29) is 11.7 Å². The van der Waals surface area contributed by atoms with E-state index in [0.29, 0.717) is 24.4 Å². The van der Waals surface area contributed by atoms with Crippen LogP contribution in [0, 0.1) is 18.7 Å². The largest absolute Gasteiger partial charge is 0.332 e. The van der Waals surface area contributed by atoms with E-state index in [2.05, 4.69) is 16.8 Å². The van der Waals surface area contributed by atoms with Gasteiger partial charge in [-0.3, -0.25) is 4.79 Å². The molecule has 138 valence electrons. The van der Waals surface area contributed by atoms with E-state index in [1.165, 1.54) is 42.7 Å². The Morgan fingerprint density at radius 3 is 2.77 bits per heavy atom. The summed E-state index contributed by atoms with van der Waals surface area (Å²) >= 11 is 1.50. The summed E-state index contributed by atoms with van der Waals surface area (Å²) in [5, 5.41) is 0.921. The van der Waals surface area contributed by atoms with Gasteiger partial charge in [-0.25, -0.2) is 9.37 Å². The van der Waals surface area contributed by atoms with Crippen molar-refractivity contribution in [3.05, 3.63) is 51.2 Å². The van der Waals surface area contributed by atoms with E-state index in [0.717, 1.165) is 34.0 Å². The zero-order valence-electron chi connectivity index (χ0n) is 15.4. The van der Waals surface area contributed by atoms with Crippen LogP contribution in [0.5, 0.6) is 0 Å². The lowest BCUT2D eigenvalue weighted by Crippen LogP contribution is -2.42. The van der Waals surface area contributed by atoms with Crippen molar-refractivity contribution >= 4 is 17.2 Å². The molecule has 2 aromatic rings. The molecular formula is C21H25FN2OS. The van der Waals surface area contributed by atoms with Crippen LogP contribution in [0.25, 0.3) is 0 Å². The van der Waals surface area contributed by atoms with Gasteiger partial charge in [0.25, 0.3) is 5.91 Å². The Hall–Kier alpha value is -1.75. The SMILES string of the molecule is Cc1nc(Cc2ccc(F)cc2)sc1C(=O)N1C(C)CC2CCCCC21. The van der Waals surface area contributed by atoms with Crippen LogP contribution in [0.2, 0.25) is 0 Å². The summed E-state index contributed by atoms with van der Waals surface area (Å²) in [6, 6.07) is 7.23. The second kappa shape index (κ2) is 7.10. The van der Waals surface area contributed by atoms with Crippen molar-refractivity contribution in [3.8, 4) is 0 Å². The van der Waals surface area contributed by atoms with E-state index in [4.69, 9.17) is 0 Å². The van der Waals surface area contributed by atoms with Gasteiger partial charge < -0.3 is 4.90 Å². The quantitative estimate of drug-likeness (QED) is 0.762. The van der Waals surface area contributed by atoms with E-state index in [1.807, 2.05) is 6.92 Å². The molecule has 3 nitrogen and oxygen atoms in total. The summed E-state index contributed by atoms with van der Waals surface area (Å²) in [4.78, 5) is 20.8. The molecule has 1 aliphatic carbocycles. The Balaban J connectivity index is 1.54. The highest BCUT2D eigenvalue weighted by Gasteiger charge is 2.43. The molecule has 4 rings (SSSR count). The van der Waals surface area contributed by atoms with Gasteiger partial charge >= 0.3 is 0 Å². The molecule has 26 heavy (non-hydrogen) atoms. The number of thiazole rings is 1. The first kappa shape index (κ1) is 17.7. The van der Waals surface area contributed by atoms with Gasteiger partial charge in [0.05, 0.1) is 10.7 Å². The molecule has 0 spiro atoms. The average Bonchev–Trinajstić information content (AvgIpc) is 3.15. The highest BCUT2D eigenvalue weighted by molar-refractivity contribution is 7.13. The van der Waals surface area contributed by atoms with Gasteiger partial charge in [-0.1, -0.05) is 25.0 Å². The maximum atomic E-state index is 13.3. The lowest BCUT2D eigenvalue weighted by Gasteiger charge is -2.33. The van der Waals surface area contributed by atoms with Gasteiger partial charge in [0.1, 0.15) is 10.7 Å². The number of aromatic nitrogens is 1. The molecular weight excluding hydrogens is 347 g/mol. The lowest BCUT2D eigenvalue weighted by molar-refractivity contribution is 0.0637. The molecule has 1 aromatic heterocycles. The predicted octanol–water partition coefficient (Wildman–Crippen LogP) is 4.97. The Labute approximate surface area is 158 Å². The molecule has 3 atom stereocenters. The number of carbonyl (C=O) groups is 1. The van der Waals surface area contributed by atoms with Crippen LogP contribution < -0.4 is 0 Å². The summed E-state index contributed by atoms with van der Waals surface area (Å²) in [6.45, 7) is 4.11. The Kier molecular flexibility index (Phi) is 4.82. The minimum absolute atomic E-state index is 0.159. The van der Waals surface area contributed by atoms with E-state index in [9.17, 15) is 9.18 Å². The number of fused-ring (bicyclic) bond motifs is 1. The van der Waals surface area contributed by atoms with Crippen LogP contribution >= 0.6 is 11.3 Å². The van der Waals surface area contributed by atoms with Crippen molar-refractivity contribution in [2.24, 2.45) is 5.92 Å². The third kappa shape index (κ3) is 3.29. The van der Waals surface area contributed by atoms with Crippen molar-refractivity contribution in [3.63, 3.8) is 0 Å². The fourth-order valence-electron chi connectivity index (χ4n) is 4.68. The summed E-state index contributed by atoms with van der Waals surface area (Å²) in [6.07, 6.45) is 6.71. The molecule has 1 saturated carbocycles. The number of halogens is 1. The summed E-state index contributed by atoms with van der Waals surface area (Å²) in [5.41, 5.74) is 1.84. The molecule has 1 amide bonds. The van der Waals surface area contributed by atoms with Crippen molar-refractivity contribution in [2.45, 2.75) is 64.5 Å². The van der Waals surface area contributed by atoms with Crippen molar-refractivity contribution in [1.82, 2.24) is 9.88 Å². The maximum Gasteiger partial charge on any atom is 0.266 e. The number of likely N-dealkylation sites (tertiary alicyclic amines) is 1.